The minimum atomic E-state index is -0.764. The molecule has 0 radical (unpaired) electrons. The number of nitrogens with zero attached hydrogens (tertiary/aromatic N) is 5. The first kappa shape index (κ1) is 29.3. The van der Waals surface area contributed by atoms with Gasteiger partial charge in [0.2, 0.25) is 0 Å². The first-order valence-electron chi connectivity index (χ1n) is 15.0. The first-order chi connectivity index (χ1) is 20.8. The quantitative estimate of drug-likeness (QED) is 0.293. The number of anilines is 3. The molecule has 9 nitrogen and oxygen atoms in total. The van der Waals surface area contributed by atoms with Crippen molar-refractivity contribution in [1.29, 1.82) is 0 Å². The van der Waals surface area contributed by atoms with Crippen LogP contribution in [0.1, 0.15) is 55.3 Å². The summed E-state index contributed by atoms with van der Waals surface area (Å²) in [6.45, 7) is 5.48. The van der Waals surface area contributed by atoms with E-state index in [0.717, 1.165) is 34.7 Å². The maximum absolute atomic E-state index is 13.3. The van der Waals surface area contributed by atoms with E-state index >= 15 is 0 Å². The van der Waals surface area contributed by atoms with E-state index in [1.54, 1.807) is 17.4 Å². The summed E-state index contributed by atoms with van der Waals surface area (Å²) in [5, 5.41) is 16.8. The van der Waals surface area contributed by atoms with Gasteiger partial charge in [-0.25, -0.2) is 9.97 Å². The Morgan fingerprint density at radius 1 is 1.00 bits per heavy atom. The van der Waals surface area contributed by atoms with Crippen LogP contribution in [-0.2, 0) is 4.79 Å². The van der Waals surface area contributed by atoms with Crippen LogP contribution < -0.4 is 15.1 Å². The molecule has 3 aromatic rings. The van der Waals surface area contributed by atoms with Gasteiger partial charge in [-0.3, -0.25) is 19.8 Å². The molecule has 3 aromatic heterocycles. The van der Waals surface area contributed by atoms with Crippen LogP contribution in [0.15, 0.2) is 23.7 Å². The average molecular weight is 662 g/mol. The van der Waals surface area contributed by atoms with E-state index in [-0.39, 0.29) is 11.8 Å². The lowest BCUT2D eigenvalue weighted by molar-refractivity contribution is -0.142. The molecule has 0 unspecified atom stereocenters. The molecule has 4 fully saturated rings. The fourth-order valence-corrected chi connectivity index (χ4v) is 9.49. The van der Waals surface area contributed by atoms with Crippen LogP contribution in [0.2, 0.25) is 10.0 Å². The molecule has 1 spiro atoms. The molecular weight excluding hydrogens is 627 g/mol. The zero-order chi connectivity index (χ0) is 29.7. The Labute approximate surface area is 268 Å². The summed E-state index contributed by atoms with van der Waals surface area (Å²) in [7, 11) is 0. The second kappa shape index (κ2) is 11.8. The van der Waals surface area contributed by atoms with Crippen LogP contribution in [-0.4, -0.2) is 77.2 Å². The average Bonchev–Trinajstić information content (AvgIpc) is 3.58. The molecule has 1 aliphatic carbocycles. The largest absolute Gasteiger partial charge is 0.481 e. The van der Waals surface area contributed by atoms with Gasteiger partial charge in [-0.1, -0.05) is 53.8 Å². The van der Waals surface area contributed by atoms with Crippen LogP contribution in [0.5, 0.6) is 0 Å². The highest BCUT2D eigenvalue weighted by Crippen LogP contribution is 2.50. The molecule has 228 valence electrons. The van der Waals surface area contributed by atoms with E-state index in [0.29, 0.717) is 57.9 Å². The van der Waals surface area contributed by atoms with Crippen LogP contribution in [0.3, 0.4) is 0 Å². The third kappa shape index (κ3) is 5.86. The number of hydrogen-bond acceptors (Lipinski definition) is 9. The van der Waals surface area contributed by atoms with Gasteiger partial charge < -0.3 is 14.9 Å². The van der Waals surface area contributed by atoms with Crippen molar-refractivity contribution in [3.8, 4) is 10.6 Å². The van der Waals surface area contributed by atoms with E-state index < -0.39 is 5.97 Å². The number of aromatic nitrogens is 2. The van der Waals surface area contributed by atoms with Crippen molar-refractivity contribution in [3.63, 3.8) is 0 Å². The lowest BCUT2D eigenvalue weighted by Gasteiger charge is -2.62. The smallest absolute Gasteiger partial charge is 0.306 e. The second-order valence-electron chi connectivity index (χ2n) is 12.4. The van der Waals surface area contributed by atoms with Crippen molar-refractivity contribution in [2.45, 2.75) is 51.0 Å². The zero-order valence-corrected chi connectivity index (χ0v) is 26.9. The lowest BCUT2D eigenvalue weighted by Crippen LogP contribution is -2.73. The SMILES string of the molecule is O=C(Nc1nc(-c2cc(Cl)cs2)c(N2CC3(C2)CN(C2CCCCC2)C3)s1)c1cnc(N2CCC(C(=O)O)CC2)c(Cl)c1. The summed E-state index contributed by atoms with van der Waals surface area (Å²) in [4.78, 5) is 41.9. The van der Waals surface area contributed by atoms with Gasteiger partial charge in [-0.05, 0) is 37.8 Å². The van der Waals surface area contributed by atoms with Gasteiger partial charge >= 0.3 is 5.97 Å². The summed E-state index contributed by atoms with van der Waals surface area (Å²) < 4.78 is 0. The van der Waals surface area contributed by atoms with E-state index in [4.69, 9.17) is 28.2 Å². The molecule has 0 atom stereocenters. The fraction of sp³-hybridized carbons (Fsp3) is 0.533. The van der Waals surface area contributed by atoms with Crippen molar-refractivity contribution in [3.05, 3.63) is 39.3 Å². The van der Waals surface area contributed by atoms with Gasteiger partial charge in [0.05, 0.1) is 26.4 Å². The Balaban J connectivity index is 1.03. The van der Waals surface area contributed by atoms with Gasteiger partial charge in [-0.15, -0.1) is 11.3 Å². The van der Waals surface area contributed by atoms with Crippen molar-refractivity contribution < 1.29 is 14.7 Å². The monoisotopic (exact) mass is 660 g/mol. The van der Waals surface area contributed by atoms with Crippen LogP contribution in [0.25, 0.3) is 10.6 Å². The number of carboxylic acid groups (broad SMARTS) is 1. The van der Waals surface area contributed by atoms with Crippen molar-refractivity contribution in [1.82, 2.24) is 14.9 Å². The minimum Gasteiger partial charge on any atom is -0.481 e. The molecule has 1 amide bonds. The molecule has 3 saturated heterocycles. The third-order valence-corrected chi connectivity index (χ3v) is 12.0. The molecule has 6 heterocycles. The number of thiazole rings is 1. The molecular formula is C30H34Cl2N6O3S2. The Kier molecular flexibility index (Phi) is 8.05. The maximum atomic E-state index is 13.3. The summed E-state index contributed by atoms with van der Waals surface area (Å²) in [6, 6.07) is 4.32. The van der Waals surface area contributed by atoms with E-state index in [9.17, 15) is 14.7 Å². The van der Waals surface area contributed by atoms with Gasteiger partial charge in [0, 0.05) is 62.3 Å². The highest BCUT2D eigenvalue weighted by Gasteiger charge is 2.54. The van der Waals surface area contributed by atoms with Crippen molar-refractivity contribution >= 4 is 73.7 Å². The van der Waals surface area contributed by atoms with E-state index in [2.05, 4.69) is 20.1 Å². The molecule has 13 heteroatoms. The number of carbonyl (C=O) groups is 2. The highest BCUT2D eigenvalue weighted by atomic mass is 35.5. The third-order valence-electron chi connectivity index (χ3n) is 9.37. The fourth-order valence-electron chi connectivity index (χ4n) is 7.10. The number of halogens is 2. The Morgan fingerprint density at radius 3 is 2.40 bits per heavy atom. The highest BCUT2D eigenvalue weighted by molar-refractivity contribution is 7.21. The molecule has 1 saturated carbocycles. The van der Waals surface area contributed by atoms with Gasteiger partial charge in [0.1, 0.15) is 16.5 Å². The summed E-state index contributed by atoms with van der Waals surface area (Å²) in [6.07, 6.45) is 9.39. The first-order valence-corrected chi connectivity index (χ1v) is 17.4. The van der Waals surface area contributed by atoms with Crippen LogP contribution in [0.4, 0.5) is 16.0 Å². The Morgan fingerprint density at radius 2 is 1.74 bits per heavy atom. The molecule has 4 aliphatic rings. The van der Waals surface area contributed by atoms with Gasteiger partial charge in [0.25, 0.3) is 5.91 Å². The normalized spacial score (nSPS) is 21.1. The Bertz CT molecular complexity index is 1520. The van der Waals surface area contributed by atoms with E-state index in [1.807, 2.05) is 16.3 Å². The number of amides is 1. The summed E-state index contributed by atoms with van der Waals surface area (Å²) in [5.41, 5.74) is 1.56. The standard InChI is InChI=1S/C30H34Cl2N6O3S2/c31-20-11-23(42-13-20)24-27(38-16-30(17-38)14-37(15-30)21-4-2-1-3-5-21)43-29(34-24)35-26(39)19-10-22(32)25(33-12-19)36-8-6-18(7-9-36)28(40)41/h10-13,18,21H,1-9,14-17H2,(H,40,41)(H,34,35,39). The van der Waals surface area contributed by atoms with Crippen molar-refractivity contribution in [2.24, 2.45) is 11.3 Å². The summed E-state index contributed by atoms with van der Waals surface area (Å²) in [5.74, 6) is -0.867. The molecule has 3 aliphatic heterocycles. The second-order valence-corrected chi connectivity index (χ2v) is 15.2. The van der Waals surface area contributed by atoms with E-state index in [1.165, 1.54) is 62.7 Å². The molecule has 2 N–H and O–H groups in total. The number of pyridine rings is 1. The van der Waals surface area contributed by atoms with Crippen molar-refractivity contribution in [2.75, 3.05) is 54.4 Å². The number of likely N-dealkylation sites (tertiary alicyclic amines) is 1. The number of rotatable bonds is 7. The summed E-state index contributed by atoms with van der Waals surface area (Å²) >= 11 is 15.9. The van der Waals surface area contributed by atoms with Crippen LogP contribution in [0, 0.1) is 11.3 Å². The number of thiophene rings is 1. The molecule has 43 heavy (non-hydrogen) atoms. The predicted octanol–water partition coefficient (Wildman–Crippen LogP) is 6.58. The zero-order valence-electron chi connectivity index (χ0n) is 23.7. The molecule has 0 bridgehead atoms. The van der Waals surface area contributed by atoms with Crippen LogP contribution >= 0.6 is 45.9 Å². The molecule has 0 aromatic carbocycles. The number of hydrogen-bond donors (Lipinski definition) is 2. The number of nitrogens with one attached hydrogen (secondary N) is 1. The number of aliphatic carboxylic acids is 1. The molecule has 7 rings (SSSR count). The number of carbonyl (C=O) groups excluding carboxylic acids is 1. The van der Waals surface area contributed by atoms with Gasteiger partial charge in [0.15, 0.2) is 5.13 Å². The number of piperidine rings is 1. The Hall–Kier alpha value is -2.44. The predicted molar refractivity (Wildman–Crippen MR) is 173 cm³/mol. The number of carboxylic acids is 1. The topological polar surface area (TPSA) is 102 Å². The lowest BCUT2D eigenvalue weighted by atomic mass is 9.71. The van der Waals surface area contributed by atoms with Gasteiger partial charge in [-0.2, -0.15) is 0 Å². The minimum absolute atomic E-state index is 0.330. The maximum Gasteiger partial charge on any atom is 0.306 e.